The van der Waals surface area contributed by atoms with Gasteiger partial charge in [-0.3, -0.25) is 9.69 Å². The summed E-state index contributed by atoms with van der Waals surface area (Å²) in [4.78, 5) is 14.6. The van der Waals surface area contributed by atoms with Crippen molar-refractivity contribution < 1.29 is 14.3 Å². The Morgan fingerprint density at radius 3 is 2.71 bits per heavy atom. The van der Waals surface area contributed by atoms with Crippen LogP contribution < -0.4 is 4.74 Å². The Balaban J connectivity index is 1.85. The molecule has 1 aliphatic rings. The van der Waals surface area contributed by atoms with Gasteiger partial charge in [0.2, 0.25) is 0 Å². The molecule has 0 amide bonds. The zero-order chi connectivity index (χ0) is 16.9. The third-order valence-electron chi connectivity index (χ3n) is 4.42. The number of hydrogen-bond acceptors (Lipinski definition) is 4. The van der Waals surface area contributed by atoms with Crippen LogP contribution in [0.5, 0.6) is 5.75 Å². The maximum absolute atomic E-state index is 12.4. The minimum absolute atomic E-state index is 0.144. The highest BCUT2D eigenvalue weighted by molar-refractivity contribution is 5.76. The molecule has 126 valence electrons. The van der Waals surface area contributed by atoms with E-state index in [2.05, 4.69) is 23.1 Å². The van der Waals surface area contributed by atoms with E-state index >= 15 is 0 Å². The Labute approximate surface area is 143 Å². The van der Waals surface area contributed by atoms with Crippen molar-refractivity contribution in [2.45, 2.75) is 32.5 Å². The molecule has 1 unspecified atom stereocenters. The summed E-state index contributed by atoms with van der Waals surface area (Å²) in [5.74, 6) is 0.687. The van der Waals surface area contributed by atoms with E-state index in [-0.39, 0.29) is 12.0 Å². The predicted molar refractivity (Wildman–Crippen MR) is 92.8 cm³/mol. The Morgan fingerprint density at radius 1 is 1.17 bits per heavy atom. The minimum Gasteiger partial charge on any atom is -0.497 e. The van der Waals surface area contributed by atoms with Gasteiger partial charge >= 0.3 is 5.97 Å². The van der Waals surface area contributed by atoms with Gasteiger partial charge < -0.3 is 9.47 Å². The maximum atomic E-state index is 12.4. The van der Waals surface area contributed by atoms with E-state index in [9.17, 15) is 4.79 Å². The van der Waals surface area contributed by atoms with Crippen LogP contribution in [0.15, 0.2) is 48.5 Å². The zero-order valence-corrected chi connectivity index (χ0v) is 14.2. The molecule has 1 aliphatic heterocycles. The van der Waals surface area contributed by atoms with Gasteiger partial charge in [0.25, 0.3) is 0 Å². The summed E-state index contributed by atoms with van der Waals surface area (Å²) in [6.07, 6.45) is 0.693. The van der Waals surface area contributed by atoms with Crippen LogP contribution in [-0.2, 0) is 29.0 Å². The summed E-state index contributed by atoms with van der Waals surface area (Å²) in [5.41, 5.74) is 3.64. The van der Waals surface area contributed by atoms with Crippen LogP contribution in [0, 0.1) is 0 Å². The highest BCUT2D eigenvalue weighted by Gasteiger charge is 2.32. The topological polar surface area (TPSA) is 38.8 Å². The van der Waals surface area contributed by atoms with E-state index in [0.29, 0.717) is 19.6 Å². The number of carbonyl (C=O) groups is 1. The van der Waals surface area contributed by atoms with Crippen molar-refractivity contribution in [1.82, 2.24) is 4.90 Å². The Morgan fingerprint density at radius 2 is 1.96 bits per heavy atom. The molecule has 1 atom stereocenters. The van der Waals surface area contributed by atoms with Crippen molar-refractivity contribution >= 4 is 5.97 Å². The third-order valence-corrected chi connectivity index (χ3v) is 4.42. The summed E-state index contributed by atoms with van der Waals surface area (Å²) in [5, 5.41) is 0. The molecule has 0 fully saturated rings. The Bertz CT molecular complexity index is 714. The number of esters is 1. The molecule has 2 aromatic carbocycles. The fourth-order valence-electron chi connectivity index (χ4n) is 3.22. The van der Waals surface area contributed by atoms with Gasteiger partial charge in [0.05, 0.1) is 13.7 Å². The van der Waals surface area contributed by atoms with Gasteiger partial charge in [0, 0.05) is 13.1 Å². The average molecular weight is 325 g/mol. The molecular formula is C20H23NO3. The largest absolute Gasteiger partial charge is 0.497 e. The number of carbonyl (C=O) groups excluding carboxylic acids is 1. The minimum atomic E-state index is -0.244. The van der Waals surface area contributed by atoms with Crippen molar-refractivity contribution in [2.24, 2.45) is 0 Å². The third kappa shape index (κ3) is 3.60. The second-order valence-electron chi connectivity index (χ2n) is 6.00. The van der Waals surface area contributed by atoms with Gasteiger partial charge in [-0.25, -0.2) is 0 Å². The average Bonchev–Trinajstić information content (AvgIpc) is 2.61. The molecule has 0 saturated carbocycles. The van der Waals surface area contributed by atoms with Crippen LogP contribution in [0.25, 0.3) is 0 Å². The molecule has 2 aromatic rings. The molecule has 0 bridgehead atoms. The lowest BCUT2D eigenvalue weighted by molar-refractivity contribution is -0.150. The smallest absolute Gasteiger partial charge is 0.323 e. The fraction of sp³-hybridized carbons (Fsp3) is 0.350. The van der Waals surface area contributed by atoms with Gasteiger partial charge in [-0.1, -0.05) is 36.4 Å². The standard InChI is InChI=1S/C20H23NO3/c1-3-24-20(22)19-12-16-8-4-5-9-17(16)14-21(19)13-15-7-6-10-18(11-15)23-2/h4-11,19H,3,12-14H2,1-2H3. The van der Waals surface area contributed by atoms with Crippen LogP contribution in [0.2, 0.25) is 0 Å². The van der Waals surface area contributed by atoms with Gasteiger partial charge in [-0.15, -0.1) is 0 Å². The van der Waals surface area contributed by atoms with Crippen molar-refractivity contribution in [3.63, 3.8) is 0 Å². The lowest BCUT2D eigenvalue weighted by Crippen LogP contribution is -2.45. The van der Waals surface area contributed by atoms with Crippen LogP contribution in [0.1, 0.15) is 23.6 Å². The van der Waals surface area contributed by atoms with E-state index in [1.807, 2.05) is 37.3 Å². The van der Waals surface area contributed by atoms with E-state index in [1.165, 1.54) is 11.1 Å². The first kappa shape index (κ1) is 16.5. The van der Waals surface area contributed by atoms with Crippen molar-refractivity contribution in [1.29, 1.82) is 0 Å². The van der Waals surface area contributed by atoms with Crippen LogP contribution >= 0.6 is 0 Å². The molecule has 0 radical (unpaired) electrons. The zero-order valence-electron chi connectivity index (χ0n) is 14.2. The number of hydrogen-bond donors (Lipinski definition) is 0. The van der Waals surface area contributed by atoms with E-state index in [4.69, 9.17) is 9.47 Å². The van der Waals surface area contributed by atoms with E-state index in [1.54, 1.807) is 7.11 Å². The molecule has 4 heteroatoms. The fourth-order valence-corrected chi connectivity index (χ4v) is 3.22. The number of rotatable bonds is 5. The second-order valence-corrected chi connectivity index (χ2v) is 6.00. The molecule has 4 nitrogen and oxygen atoms in total. The van der Waals surface area contributed by atoms with Crippen LogP contribution in [0.3, 0.4) is 0 Å². The summed E-state index contributed by atoms with van der Waals surface area (Å²) in [7, 11) is 1.66. The van der Waals surface area contributed by atoms with Crippen molar-refractivity contribution in [3.8, 4) is 5.75 Å². The first-order valence-electron chi connectivity index (χ1n) is 8.31. The molecule has 24 heavy (non-hydrogen) atoms. The number of nitrogens with zero attached hydrogens (tertiary/aromatic N) is 1. The molecule has 3 rings (SSSR count). The van der Waals surface area contributed by atoms with Crippen LogP contribution in [0.4, 0.5) is 0 Å². The lowest BCUT2D eigenvalue weighted by Gasteiger charge is -2.35. The summed E-state index contributed by atoms with van der Waals surface area (Å²) >= 11 is 0. The predicted octanol–water partition coefficient (Wildman–Crippen LogP) is 3.19. The van der Waals surface area contributed by atoms with Crippen molar-refractivity contribution in [2.75, 3.05) is 13.7 Å². The lowest BCUT2D eigenvalue weighted by atomic mass is 9.93. The van der Waals surface area contributed by atoms with Gasteiger partial charge in [0.15, 0.2) is 0 Å². The Kier molecular flexibility index (Phi) is 5.16. The first-order valence-corrected chi connectivity index (χ1v) is 8.31. The number of fused-ring (bicyclic) bond motifs is 1. The normalized spacial score (nSPS) is 17.2. The van der Waals surface area contributed by atoms with Crippen LogP contribution in [-0.4, -0.2) is 30.6 Å². The van der Waals surface area contributed by atoms with E-state index < -0.39 is 0 Å². The van der Waals surface area contributed by atoms with Gasteiger partial charge in [-0.05, 0) is 42.2 Å². The highest BCUT2D eigenvalue weighted by Crippen LogP contribution is 2.26. The summed E-state index contributed by atoms with van der Waals surface area (Å²) in [6, 6.07) is 16.1. The van der Waals surface area contributed by atoms with Gasteiger partial charge in [-0.2, -0.15) is 0 Å². The van der Waals surface area contributed by atoms with E-state index in [0.717, 1.165) is 17.9 Å². The number of ether oxygens (including phenoxy) is 2. The SMILES string of the molecule is CCOC(=O)C1Cc2ccccc2CN1Cc1cccc(OC)c1. The first-order chi connectivity index (χ1) is 11.7. The molecular weight excluding hydrogens is 302 g/mol. The molecule has 1 heterocycles. The molecule has 0 N–H and O–H groups in total. The monoisotopic (exact) mass is 325 g/mol. The summed E-state index contributed by atoms with van der Waals surface area (Å²) in [6.45, 7) is 3.69. The second kappa shape index (κ2) is 7.49. The Hall–Kier alpha value is -2.33. The number of benzene rings is 2. The highest BCUT2D eigenvalue weighted by atomic mass is 16.5. The molecule has 0 aromatic heterocycles. The molecule has 0 aliphatic carbocycles. The number of methoxy groups -OCH3 is 1. The molecule has 0 spiro atoms. The van der Waals surface area contributed by atoms with Gasteiger partial charge in [0.1, 0.15) is 11.8 Å². The summed E-state index contributed by atoms with van der Waals surface area (Å²) < 4.78 is 10.6. The quantitative estimate of drug-likeness (QED) is 0.792. The molecule has 0 saturated heterocycles. The van der Waals surface area contributed by atoms with Crippen molar-refractivity contribution in [3.05, 3.63) is 65.2 Å². The maximum Gasteiger partial charge on any atom is 0.323 e.